The van der Waals surface area contributed by atoms with Gasteiger partial charge in [0.15, 0.2) is 9.84 Å². The normalized spacial score (nSPS) is 21.1. The highest BCUT2D eigenvalue weighted by atomic mass is 32.2. The largest absolute Gasteiger partial charge is 0.464 e. The lowest BCUT2D eigenvalue weighted by Gasteiger charge is -2.19. The zero-order chi connectivity index (χ0) is 24.9. The molecular formula is C26H30N2O5S2. The molecule has 7 nitrogen and oxygen atoms in total. The van der Waals surface area contributed by atoms with Gasteiger partial charge in [-0.3, -0.25) is 9.59 Å². The lowest BCUT2D eigenvalue weighted by molar-refractivity contribution is -0.115. The molecular weight excluding hydrogens is 484 g/mol. The van der Waals surface area contributed by atoms with E-state index in [1.54, 1.807) is 6.26 Å². The van der Waals surface area contributed by atoms with Gasteiger partial charge in [-0.2, -0.15) is 0 Å². The van der Waals surface area contributed by atoms with E-state index in [2.05, 4.69) is 17.6 Å². The van der Waals surface area contributed by atoms with Crippen molar-refractivity contribution in [1.29, 1.82) is 0 Å². The molecule has 186 valence electrons. The number of thiophene rings is 1. The average Bonchev–Trinajstić information content (AvgIpc) is 3.45. The molecule has 1 aliphatic heterocycles. The molecule has 1 fully saturated rings. The van der Waals surface area contributed by atoms with Gasteiger partial charge in [0.05, 0.1) is 29.8 Å². The Hall–Kier alpha value is -2.65. The molecule has 9 heteroatoms. The lowest BCUT2D eigenvalue weighted by Crippen LogP contribution is -2.36. The smallest absolute Gasteiger partial charge is 0.254 e. The number of furan rings is 1. The van der Waals surface area contributed by atoms with E-state index in [1.807, 2.05) is 26.0 Å². The zero-order valence-electron chi connectivity index (χ0n) is 20.2. The maximum absolute atomic E-state index is 13.3. The van der Waals surface area contributed by atoms with Crippen molar-refractivity contribution >= 4 is 49.0 Å². The number of carbonyl (C=O) groups excluding carboxylic acids is 2. The van der Waals surface area contributed by atoms with Gasteiger partial charge in [0, 0.05) is 21.9 Å². The van der Waals surface area contributed by atoms with Crippen LogP contribution in [-0.2, 0) is 33.9 Å². The molecule has 2 N–H and O–H groups in total. The summed E-state index contributed by atoms with van der Waals surface area (Å²) in [4.78, 5) is 27.6. The Kier molecular flexibility index (Phi) is 6.25. The van der Waals surface area contributed by atoms with Gasteiger partial charge in [-0.05, 0) is 62.1 Å². The first kappa shape index (κ1) is 24.1. The van der Waals surface area contributed by atoms with Crippen LogP contribution in [0, 0.1) is 19.8 Å². The van der Waals surface area contributed by atoms with Gasteiger partial charge in [-0.1, -0.05) is 19.1 Å². The number of aryl methyl sites for hydroxylation is 2. The molecule has 0 spiro atoms. The number of benzene rings is 1. The van der Waals surface area contributed by atoms with Gasteiger partial charge in [-0.15, -0.1) is 11.3 Å². The van der Waals surface area contributed by atoms with Gasteiger partial charge < -0.3 is 15.1 Å². The van der Waals surface area contributed by atoms with Gasteiger partial charge >= 0.3 is 0 Å². The van der Waals surface area contributed by atoms with Crippen LogP contribution >= 0.6 is 11.3 Å². The van der Waals surface area contributed by atoms with Crippen molar-refractivity contribution in [1.82, 2.24) is 5.32 Å². The molecule has 0 radical (unpaired) electrons. The Labute approximate surface area is 209 Å². The second-order valence-corrected chi connectivity index (χ2v) is 13.3. The number of sulfone groups is 1. The van der Waals surface area contributed by atoms with E-state index in [-0.39, 0.29) is 29.7 Å². The highest BCUT2D eigenvalue weighted by Crippen LogP contribution is 2.40. The minimum Gasteiger partial charge on any atom is -0.464 e. The second-order valence-electron chi connectivity index (χ2n) is 10.00. The van der Waals surface area contributed by atoms with Crippen molar-refractivity contribution in [3.8, 4) is 0 Å². The van der Waals surface area contributed by atoms with Crippen molar-refractivity contribution in [3.63, 3.8) is 0 Å². The summed E-state index contributed by atoms with van der Waals surface area (Å²) in [5.74, 6) is 0.0725. The van der Waals surface area contributed by atoms with E-state index in [1.165, 1.54) is 11.3 Å². The van der Waals surface area contributed by atoms with E-state index in [9.17, 15) is 18.0 Å². The Morgan fingerprint density at radius 3 is 2.74 bits per heavy atom. The molecule has 3 heterocycles. The van der Waals surface area contributed by atoms with Gasteiger partial charge in [0.25, 0.3) is 5.91 Å². The summed E-state index contributed by atoms with van der Waals surface area (Å²) in [5, 5.41) is 7.38. The second kappa shape index (κ2) is 9.09. The molecule has 1 aromatic carbocycles. The van der Waals surface area contributed by atoms with Crippen LogP contribution in [0.3, 0.4) is 0 Å². The Balaban J connectivity index is 1.39. The Morgan fingerprint density at radius 1 is 1.20 bits per heavy atom. The fourth-order valence-electron chi connectivity index (χ4n) is 5.11. The van der Waals surface area contributed by atoms with E-state index >= 15 is 0 Å². The highest BCUT2D eigenvalue weighted by Gasteiger charge is 2.33. The molecule has 3 aromatic rings. The third-order valence-electron chi connectivity index (χ3n) is 7.25. The van der Waals surface area contributed by atoms with Gasteiger partial charge in [-0.25, -0.2) is 8.42 Å². The Morgan fingerprint density at radius 2 is 2.00 bits per heavy atom. The standard InChI is InChI=1S/C26H30N2O5S2/c1-14-4-6-20-21(10-14)34-26(23(20)25(30)27-18-8-9-35(31,32)13-18)28-22(29)11-17-12-33-24-16(3)15(2)5-7-19(17)24/h5,7,12,14,18H,4,6,8-11,13H2,1-3H3,(H,27,30)(H,28,29). The van der Waals surface area contributed by atoms with Crippen molar-refractivity contribution in [2.75, 3.05) is 16.8 Å². The molecule has 0 bridgehead atoms. The highest BCUT2D eigenvalue weighted by molar-refractivity contribution is 7.91. The first-order chi connectivity index (χ1) is 16.6. The van der Waals surface area contributed by atoms with Crippen LogP contribution in [0.1, 0.15) is 57.3 Å². The van der Waals surface area contributed by atoms with Crippen LogP contribution < -0.4 is 10.6 Å². The monoisotopic (exact) mass is 514 g/mol. The van der Waals surface area contributed by atoms with Crippen molar-refractivity contribution in [3.05, 3.63) is 51.1 Å². The summed E-state index contributed by atoms with van der Waals surface area (Å²) in [5.41, 5.74) is 5.27. The molecule has 35 heavy (non-hydrogen) atoms. The third-order valence-corrected chi connectivity index (χ3v) is 10.2. The first-order valence-electron chi connectivity index (χ1n) is 12.0. The molecule has 2 atom stereocenters. The fraction of sp³-hybridized carbons (Fsp3) is 0.462. The molecule has 0 saturated carbocycles. The summed E-state index contributed by atoms with van der Waals surface area (Å²) < 4.78 is 29.5. The van der Waals surface area contributed by atoms with E-state index in [0.29, 0.717) is 22.9 Å². The van der Waals surface area contributed by atoms with Crippen LogP contribution in [0.5, 0.6) is 0 Å². The molecule has 1 saturated heterocycles. The average molecular weight is 515 g/mol. The number of amides is 2. The molecule has 2 unspecified atom stereocenters. The fourth-order valence-corrected chi connectivity index (χ4v) is 8.21. The van der Waals surface area contributed by atoms with E-state index < -0.39 is 15.9 Å². The van der Waals surface area contributed by atoms with Crippen molar-refractivity contribution < 1.29 is 22.4 Å². The molecule has 5 rings (SSSR count). The predicted octanol–water partition coefficient (Wildman–Crippen LogP) is 4.33. The zero-order valence-corrected chi connectivity index (χ0v) is 21.8. The van der Waals surface area contributed by atoms with E-state index in [0.717, 1.165) is 57.4 Å². The number of carbonyl (C=O) groups is 2. The first-order valence-corrected chi connectivity index (χ1v) is 14.7. The minimum absolute atomic E-state index is 0.0315. The summed E-state index contributed by atoms with van der Waals surface area (Å²) >= 11 is 1.47. The van der Waals surface area contributed by atoms with Crippen molar-refractivity contribution in [2.45, 2.75) is 58.9 Å². The molecule has 2 aromatic heterocycles. The number of fused-ring (bicyclic) bond motifs is 2. The van der Waals surface area contributed by atoms with Crippen LogP contribution in [0.2, 0.25) is 0 Å². The molecule has 2 amide bonds. The minimum atomic E-state index is -3.11. The maximum Gasteiger partial charge on any atom is 0.254 e. The number of anilines is 1. The number of nitrogens with one attached hydrogen (secondary N) is 2. The number of hydrogen-bond donors (Lipinski definition) is 2. The van der Waals surface area contributed by atoms with Crippen LogP contribution in [0.4, 0.5) is 5.00 Å². The van der Waals surface area contributed by atoms with Crippen LogP contribution in [-0.4, -0.2) is 37.8 Å². The molecule has 1 aliphatic carbocycles. The summed E-state index contributed by atoms with van der Waals surface area (Å²) in [6, 6.07) is 3.61. The quantitative estimate of drug-likeness (QED) is 0.527. The lowest BCUT2D eigenvalue weighted by atomic mass is 9.88. The maximum atomic E-state index is 13.3. The van der Waals surface area contributed by atoms with Crippen LogP contribution in [0.25, 0.3) is 11.0 Å². The third kappa shape index (κ3) is 4.76. The summed E-state index contributed by atoms with van der Waals surface area (Å²) in [6.07, 6.45) is 4.82. The van der Waals surface area contributed by atoms with Gasteiger partial charge in [0.2, 0.25) is 5.91 Å². The predicted molar refractivity (Wildman–Crippen MR) is 138 cm³/mol. The van der Waals surface area contributed by atoms with Gasteiger partial charge in [0.1, 0.15) is 10.6 Å². The number of rotatable bonds is 5. The van der Waals surface area contributed by atoms with E-state index in [4.69, 9.17) is 4.42 Å². The molecule has 2 aliphatic rings. The van der Waals surface area contributed by atoms with Crippen molar-refractivity contribution in [2.24, 2.45) is 5.92 Å². The van der Waals surface area contributed by atoms with Crippen LogP contribution in [0.15, 0.2) is 22.8 Å². The number of hydrogen-bond acceptors (Lipinski definition) is 6. The summed E-state index contributed by atoms with van der Waals surface area (Å²) in [7, 11) is -3.11. The topological polar surface area (TPSA) is 105 Å². The summed E-state index contributed by atoms with van der Waals surface area (Å²) in [6.45, 7) is 6.22. The SMILES string of the molecule is Cc1ccc2c(CC(=O)Nc3sc4c(c3C(=O)NC3CCS(=O)(=O)C3)CCC(C)C4)coc2c1C. The Bertz CT molecular complexity index is 1430.